The van der Waals surface area contributed by atoms with Crippen molar-refractivity contribution in [3.05, 3.63) is 25.3 Å². The van der Waals surface area contributed by atoms with Gasteiger partial charge in [-0.1, -0.05) is 219 Å². The average Bonchev–Trinajstić information content (AvgIpc) is 3.45. The first-order chi connectivity index (χ1) is 39.4. The highest BCUT2D eigenvalue weighted by molar-refractivity contribution is 5.92. The van der Waals surface area contributed by atoms with E-state index in [-0.39, 0.29) is 77.3 Å². The van der Waals surface area contributed by atoms with Crippen LogP contribution in [0.2, 0.25) is 0 Å². The molecule has 16 nitrogen and oxygen atoms in total. The summed E-state index contributed by atoms with van der Waals surface area (Å²) in [7, 11) is 0. The maximum absolute atomic E-state index is 14.4. The first-order valence-electron chi connectivity index (χ1n) is 32.9. The summed E-state index contributed by atoms with van der Waals surface area (Å²) in [6.07, 6.45) is 46.0. The van der Waals surface area contributed by atoms with Crippen LogP contribution in [-0.2, 0) is 33.6 Å². The Balaban J connectivity index is 6.15. The molecule has 81 heavy (non-hydrogen) atoms. The zero-order valence-corrected chi connectivity index (χ0v) is 52.2. The minimum absolute atomic E-state index is 0.0251. The quantitative estimate of drug-likeness (QED) is 0.0299. The van der Waals surface area contributed by atoms with Gasteiger partial charge in [-0.2, -0.15) is 0 Å². The lowest BCUT2D eigenvalue weighted by atomic mass is 10.1. The number of primary amides is 1. The van der Waals surface area contributed by atoms with Crippen LogP contribution in [0.4, 0.5) is 0 Å². The van der Waals surface area contributed by atoms with Crippen molar-refractivity contribution in [1.29, 1.82) is 0 Å². The van der Waals surface area contributed by atoms with Gasteiger partial charge in [0.05, 0.1) is 39.3 Å². The number of amides is 7. The third-order valence-corrected chi connectivity index (χ3v) is 15.5. The summed E-state index contributed by atoms with van der Waals surface area (Å²) in [5.74, 6) is -2.74. The zero-order valence-electron chi connectivity index (χ0n) is 52.2. The van der Waals surface area contributed by atoms with Crippen molar-refractivity contribution in [2.45, 2.75) is 258 Å². The Morgan fingerprint density at radius 3 is 0.815 bits per heavy atom. The fraction of sp³-hybridized carbons (Fsp3) is 0.831. The summed E-state index contributed by atoms with van der Waals surface area (Å²) >= 11 is 0. The number of allylic oxidation sites excluding steroid dienone is 2. The van der Waals surface area contributed by atoms with Crippen LogP contribution >= 0.6 is 0 Å². The summed E-state index contributed by atoms with van der Waals surface area (Å²) in [5, 5.41) is 0. The van der Waals surface area contributed by atoms with E-state index in [9.17, 15) is 33.6 Å². The highest BCUT2D eigenvalue weighted by Gasteiger charge is 2.29. The van der Waals surface area contributed by atoms with Crippen molar-refractivity contribution < 1.29 is 33.6 Å². The molecular formula is C65H123N9O7. The van der Waals surface area contributed by atoms with Gasteiger partial charge in [0.25, 0.3) is 0 Å². The van der Waals surface area contributed by atoms with Crippen LogP contribution in [0, 0.1) is 0 Å². The third kappa shape index (κ3) is 44.9. The Hall–Kier alpha value is -4.31. The highest BCUT2D eigenvalue weighted by atomic mass is 16.2. The molecule has 0 saturated heterocycles. The van der Waals surface area contributed by atoms with Gasteiger partial charge in [0.15, 0.2) is 0 Å². The minimum atomic E-state index is -0.624. The highest BCUT2D eigenvalue weighted by Crippen LogP contribution is 2.16. The fourth-order valence-electron chi connectivity index (χ4n) is 10.4. The van der Waals surface area contributed by atoms with Crippen LogP contribution in [0.3, 0.4) is 0 Å². The van der Waals surface area contributed by atoms with E-state index in [1.54, 1.807) is 0 Å². The lowest BCUT2D eigenvalue weighted by Crippen LogP contribution is -2.53. The van der Waals surface area contributed by atoms with Gasteiger partial charge >= 0.3 is 0 Å². The summed E-state index contributed by atoms with van der Waals surface area (Å²) in [6.45, 7) is 11.9. The Labute approximate surface area is 494 Å². The van der Waals surface area contributed by atoms with Crippen LogP contribution in [0.1, 0.15) is 258 Å². The van der Waals surface area contributed by atoms with E-state index in [0.717, 1.165) is 116 Å². The van der Waals surface area contributed by atoms with Crippen LogP contribution < -0.4 is 17.2 Å². The molecule has 7 amide bonds. The lowest BCUT2D eigenvalue weighted by Gasteiger charge is -2.32. The van der Waals surface area contributed by atoms with E-state index in [2.05, 4.69) is 27.0 Å². The normalized spacial score (nSPS) is 11.1. The molecule has 0 heterocycles. The summed E-state index contributed by atoms with van der Waals surface area (Å²) < 4.78 is 0. The molecule has 6 N–H and O–H groups in total. The van der Waals surface area contributed by atoms with Crippen molar-refractivity contribution in [2.75, 3.05) is 91.6 Å². The molecule has 0 saturated carbocycles. The molecule has 0 aliphatic heterocycles. The largest absolute Gasteiger partial charge is 0.368 e. The zero-order chi connectivity index (χ0) is 59.8. The van der Waals surface area contributed by atoms with Gasteiger partial charge in [-0.3, -0.25) is 33.6 Å². The molecule has 0 aromatic carbocycles. The lowest BCUT2D eigenvalue weighted by molar-refractivity contribution is -0.147. The van der Waals surface area contributed by atoms with Gasteiger partial charge in [0.1, 0.15) is 0 Å². The standard InChI is InChI=1S/C65H123N9O7/c1-5-9-13-17-21-25-29-33-37-41-47-69(59-75)54-61(77)71(49-43-39-35-31-27-23-19-15-11-7-3)56-64(80)74(52-46-67)58-65(81)73(51-45-66)57-63(79)72(50-44-40-36-32-28-24-20-16-12-8-4)55-62(78)70(53-60(68)76)48-42-38-34-30-26-22-18-14-10-6-2/h5,8,59H,1,4,6-7,9-58,66-67H2,2-3H3,(H2,68,76). The van der Waals surface area contributed by atoms with Gasteiger partial charge in [-0.15, -0.1) is 13.2 Å². The molecule has 0 bridgehead atoms. The monoisotopic (exact) mass is 1140 g/mol. The van der Waals surface area contributed by atoms with Gasteiger partial charge in [-0.05, 0) is 51.4 Å². The molecule has 0 atom stereocenters. The molecule has 0 spiro atoms. The molecule has 470 valence electrons. The van der Waals surface area contributed by atoms with Crippen LogP contribution in [0.25, 0.3) is 0 Å². The molecule has 0 radical (unpaired) electrons. The average molecular weight is 1140 g/mol. The molecule has 0 aliphatic carbocycles. The molecule has 16 heteroatoms. The smallest absolute Gasteiger partial charge is 0.242 e. The van der Waals surface area contributed by atoms with E-state index in [1.807, 2.05) is 12.2 Å². The number of rotatable bonds is 61. The maximum atomic E-state index is 14.4. The molecule has 0 unspecified atom stereocenters. The Morgan fingerprint density at radius 1 is 0.321 bits per heavy atom. The Morgan fingerprint density at radius 2 is 0.556 bits per heavy atom. The Kier molecular flexibility index (Phi) is 53.2. The number of carbonyl (C=O) groups excluding carboxylic acids is 7. The SMILES string of the molecule is C=CCCCCCCCCCCN(C=O)CC(=O)N(CCCCCCCCCCCC)CC(=O)N(CCN)CC(=O)N(CCN)CC(=O)N(CCCCCCCCCCC=C)CC(=O)N(CCCCCCCCCCCC)CC(N)=O. The molecular weight excluding hydrogens is 1020 g/mol. The second-order valence-corrected chi connectivity index (χ2v) is 22.9. The van der Waals surface area contributed by atoms with Crippen LogP contribution in [0.15, 0.2) is 25.3 Å². The first-order valence-corrected chi connectivity index (χ1v) is 32.9. The summed E-state index contributed by atoms with van der Waals surface area (Å²) in [4.78, 5) is 104. The predicted molar refractivity (Wildman–Crippen MR) is 335 cm³/mol. The Bertz CT molecular complexity index is 1620. The van der Waals surface area contributed by atoms with Crippen molar-refractivity contribution in [1.82, 2.24) is 29.4 Å². The fourth-order valence-corrected chi connectivity index (χ4v) is 10.4. The van der Waals surface area contributed by atoms with Crippen molar-refractivity contribution in [3.63, 3.8) is 0 Å². The van der Waals surface area contributed by atoms with Crippen molar-refractivity contribution in [3.8, 4) is 0 Å². The first kappa shape index (κ1) is 76.7. The van der Waals surface area contributed by atoms with Crippen LogP contribution in [0.5, 0.6) is 0 Å². The van der Waals surface area contributed by atoms with Crippen molar-refractivity contribution in [2.24, 2.45) is 17.2 Å². The van der Waals surface area contributed by atoms with E-state index in [0.29, 0.717) is 45.3 Å². The van der Waals surface area contributed by atoms with Crippen molar-refractivity contribution >= 4 is 41.9 Å². The second-order valence-electron chi connectivity index (χ2n) is 22.9. The summed E-state index contributed by atoms with van der Waals surface area (Å²) in [6, 6.07) is 0. The number of carbonyl (C=O) groups is 7. The maximum Gasteiger partial charge on any atom is 0.242 e. The van der Waals surface area contributed by atoms with E-state index in [1.165, 1.54) is 139 Å². The van der Waals surface area contributed by atoms with E-state index in [4.69, 9.17) is 17.2 Å². The number of hydrogen-bond acceptors (Lipinski definition) is 9. The third-order valence-electron chi connectivity index (χ3n) is 15.5. The van der Waals surface area contributed by atoms with Gasteiger partial charge in [-0.25, -0.2) is 0 Å². The minimum Gasteiger partial charge on any atom is -0.368 e. The number of unbranched alkanes of at least 4 members (excludes halogenated alkanes) is 34. The molecule has 0 aromatic heterocycles. The summed E-state index contributed by atoms with van der Waals surface area (Å²) in [5.41, 5.74) is 17.7. The number of nitrogens with two attached hydrogens (primary N) is 3. The topological polar surface area (TPSA) is 217 Å². The molecule has 0 rings (SSSR count). The molecule has 0 aromatic rings. The number of hydrogen-bond donors (Lipinski definition) is 3. The molecule has 0 fully saturated rings. The van der Waals surface area contributed by atoms with E-state index >= 15 is 0 Å². The van der Waals surface area contributed by atoms with Gasteiger partial charge < -0.3 is 46.6 Å². The van der Waals surface area contributed by atoms with Gasteiger partial charge in [0.2, 0.25) is 41.9 Å². The second kappa shape index (κ2) is 56.2. The van der Waals surface area contributed by atoms with Gasteiger partial charge in [0, 0.05) is 52.4 Å². The molecule has 0 aliphatic rings. The van der Waals surface area contributed by atoms with E-state index < -0.39 is 30.2 Å². The number of nitrogens with zero attached hydrogens (tertiary/aromatic N) is 6. The predicted octanol–water partition coefficient (Wildman–Crippen LogP) is 11.2. The van der Waals surface area contributed by atoms with Crippen LogP contribution in [-0.4, -0.2) is 163 Å².